The molecule has 1 saturated heterocycles. The van der Waals surface area contributed by atoms with E-state index in [9.17, 15) is 4.79 Å². The molecule has 1 fully saturated rings. The van der Waals surface area contributed by atoms with E-state index in [1.54, 1.807) is 25.5 Å². The summed E-state index contributed by atoms with van der Waals surface area (Å²) in [5.74, 6) is 1.96. The minimum absolute atomic E-state index is 0.0884. The zero-order valence-electron chi connectivity index (χ0n) is 19.8. The molecule has 1 amide bonds. The van der Waals surface area contributed by atoms with Gasteiger partial charge in [0.2, 0.25) is 0 Å². The van der Waals surface area contributed by atoms with Gasteiger partial charge in [-0.1, -0.05) is 39.0 Å². The van der Waals surface area contributed by atoms with E-state index in [0.717, 1.165) is 16.9 Å². The first-order valence-electron chi connectivity index (χ1n) is 11.0. The minimum Gasteiger partial charge on any atom is -0.496 e. The molecule has 0 radical (unpaired) electrons. The number of thiocarbonyl (C=S) groups is 1. The molecule has 176 valence electrons. The summed E-state index contributed by atoms with van der Waals surface area (Å²) in [6.45, 7) is 7.16. The molecule has 3 aromatic rings. The molecule has 7 heteroatoms. The normalized spacial score (nSPS) is 15.1. The van der Waals surface area contributed by atoms with Crippen LogP contribution in [0.15, 0.2) is 71.0 Å². The second kappa shape index (κ2) is 9.73. The fraction of sp³-hybridized carbons (Fsp3) is 0.259. The Kier molecular flexibility index (Phi) is 6.75. The van der Waals surface area contributed by atoms with E-state index in [1.807, 2.05) is 36.4 Å². The van der Waals surface area contributed by atoms with Crippen LogP contribution in [0.25, 0.3) is 6.08 Å². The summed E-state index contributed by atoms with van der Waals surface area (Å²) >= 11 is 5.35. The molecule has 1 aliphatic heterocycles. The number of methoxy groups -OCH3 is 1. The molecule has 6 nitrogen and oxygen atoms in total. The van der Waals surface area contributed by atoms with Gasteiger partial charge in [-0.3, -0.25) is 9.69 Å². The predicted molar refractivity (Wildman–Crippen MR) is 135 cm³/mol. The SMILES string of the molecule is COc1ccc(/C=C2/NC(=S)N(Cc3ccco3)C2=O)cc1COc1ccc(C(C)(C)C)cc1. The Morgan fingerprint density at radius 2 is 1.88 bits per heavy atom. The van der Waals surface area contributed by atoms with Crippen molar-refractivity contribution in [3.05, 3.63) is 89.0 Å². The lowest BCUT2D eigenvalue weighted by atomic mass is 9.87. The Balaban J connectivity index is 1.49. The average molecular weight is 477 g/mol. The van der Waals surface area contributed by atoms with Crippen LogP contribution < -0.4 is 14.8 Å². The first kappa shape index (κ1) is 23.6. The molecule has 0 bridgehead atoms. The summed E-state index contributed by atoms with van der Waals surface area (Å²) in [4.78, 5) is 14.4. The van der Waals surface area contributed by atoms with Crippen LogP contribution in [-0.4, -0.2) is 23.0 Å². The first-order valence-corrected chi connectivity index (χ1v) is 11.4. The molecule has 0 spiro atoms. The molecule has 2 aromatic carbocycles. The molecule has 0 saturated carbocycles. The van der Waals surface area contributed by atoms with Crippen molar-refractivity contribution in [2.75, 3.05) is 7.11 Å². The third-order valence-corrected chi connectivity index (χ3v) is 5.91. The maximum Gasteiger partial charge on any atom is 0.276 e. The van der Waals surface area contributed by atoms with Gasteiger partial charge in [-0.25, -0.2) is 0 Å². The van der Waals surface area contributed by atoms with Crippen molar-refractivity contribution in [3.8, 4) is 11.5 Å². The average Bonchev–Trinajstić information content (AvgIpc) is 3.42. The van der Waals surface area contributed by atoms with E-state index in [0.29, 0.717) is 28.9 Å². The topological polar surface area (TPSA) is 63.9 Å². The van der Waals surface area contributed by atoms with Crippen LogP contribution in [0.3, 0.4) is 0 Å². The van der Waals surface area contributed by atoms with E-state index in [-0.39, 0.29) is 17.9 Å². The van der Waals surface area contributed by atoms with Crippen LogP contribution in [-0.2, 0) is 23.4 Å². The van der Waals surface area contributed by atoms with Crippen molar-refractivity contribution in [1.82, 2.24) is 10.2 Å². The summed E-state index contributed by atoms with van der Waals surface area (Å²) in [6, 6.07) is 17.4. The number of carbonyl (C=O) groups is 1. The van der Waals surface area contributed by atoms with Crippen molar-refractivity contribution in [3.63, 3.8) is 0 Å². The third kappa shape index (κ3) is 5.31. The number of furan rings is 1. The van der Waals surface area contributed by atoms with Crippen LogP contribution in [0.4, 0.5) is 0 Å². The van der Waals surface area contributed by atoms with Gasteiger partial charge in [0.25, 0.3) is 5.91 Å². The summed E-state index contributed by atoms with van der Waals surface area (Å²) in [6.07, 6.45) is 3.35. The highest BCUT2D eigenvalue weighted by molar-refractivity contribution is 7.80. The predicted octanol–water partition coefficient (Wildman–Crippen LogP) is 5.42. The van der Waals surface area contributed by atoms with E-state index in [4.69, 9.17) is 26.1 Å². The van der Waals surface area contributed by atoms with Crippen LogP contribution in [0.2, 0.25) is 0 Å². The van der Waals surface area contributed by atoms with E-state index in [1.165, 1.54) is 10.5 Å². The Hall–Kier alpha value is -3.58. The monoisotopic (exact) mass is 476 g/mol. The van der Waals surface area contributed by atoms with Gasteiger partial charge in [-0.2, -0.15) is 0 Å². The summed E-state index contributed by atoms with van der Waals surface area (Å²) in [5, 5.41) is 3.35. The van der Waals surface area contributed by atoms with Crippen molar-refractivity contribution in [2.24, 2.45) is 0 Å². The van der Waals surface area contributed by atoms with Crippen LogP contribution in [0, 0.1) is 0 Å². The Labute approximate surface area is 205 Å². The lowest BCUT2D eigenvalue weighted by molar-refractivity contribution is -0.122. The van der Waals surface area contributed by atoms with Crippen LogP contribution in [0.5, 0.6) is 11.5 Å². The van der Waals surface area contributed by atoms with Gasteiger partial charge in [-0.05, 0) is 71.2 Å². The smallest absolute Gasteiger partial charge is 0.276 e. The largest absolute Gasteiger partial charge is 0.496 e. The van der Waals surface area contributed by atoms with Gasteiger partial charge in [0.05, 0.1) is 19.9 Å². The highest BCUT2D eigenvalue weighted by Crippen LogP contribution is 2.27. The number of carbonyl (C=O) groups excluding carboxylic acids is 1. The lowest BCUT2D eigenvalue weighted by Gasteiger charge is -2.19. The first-order chi connectivity index (χ1) is 16.2. The Morgan fingerprint density at radius 3 is 2.53 bits per heavy atom. The summed E-state index contributed by atoms with van der Waals surface area (Å²) < 4.78 is 16.9. The van der Waals surface area contributed by atoms with Gasteiger partial charge < -0.3 is 19.2 Å². The summed E-state index contributed by atoms with van der Waals surface area (Å²) in [7, 11) is 1.63. The maximum atomic E-state index is 12.9. The number of rotatable bonds is 7. The molecular formula is C27H28N2O4S. The van der Waals surface area contributed by atoms with Crippen LogP contribution >= 0.6 is 12.2 Å². The molecule has 1 aliphatic rings. The van der Waals surface area contributed by atoms with Gasteiger partial charge in [-0.15, -0.1) is 0 Å². The molecule has 0 aliphatic carbocycles. The zero-order chi connectivity index (χ0) is 24.3. The highest BCUT2D eigenvalue weighted by atomic mass is 32.1. The molecule has 2 heterocycles. The number of ether oxygens (including phenoxy) is 2. The van der Waals surface area contributed by atoms with E-state index in [2.05, 4.69) is 38.2 Å². The number of hydrogen-bond donors (Lipinski definition) is 1. The fourth-order valence-electron chi connectivity index (χ4n) is 3.65. The van der Waals surface area contributed by atoms with E-state index >= 15 is 0 Å². The lowest BCUT2D eigenvalue weighted by Crippen LogP contribution is -2.29. The standard InChI is InChI=1S/C27H28N2O4S/c1-27(2,3)20-8-10-21(11-9-20)33-17-19-14-18(7-12-24(19)31-4)15-23-25(30)29(26(34)28-23)16-22-6-5-13-32-22/h5-15H,16-17H2,1-4H3,(H,28,34)/b23-15+. The third-order valence-electron chi connectivity index (χ3n) is 5.59. The Bertz CT molecular complexity index is 1210. The quantitative estimate of drug-likeness (QED) is 0.363. The molecule has 1 aromatic heterocycles. The van der Waals surface area contributed by atoms with Crippen molar-refractivity contribution in [2.45, 2.75) is 39.3 Å². The Morgan fingerprint density at radius 1 is 1.12 bits per heavy atom. The number of amides is 1. The van der Waals surface area contributed by atoms with Gasteiger partial charge in [0, 0.05) is 5.56 Å². The maximum absolute atomic E-state index is 12.9. The zero-order valence-corrected chi connectivity index (χ0v) is 20.6. The van der Waals surface area contributed by atoms with Crippen molar-refractivity contribution < 1.29 is 18.7 Å². The molecule has 4 rings (SSSR count). The number of nitrogens with one attached hydrogen (secondary N) is 1. The van der Waals surface area contributed by atoms with Crippen molar-refractivity contribution in [1.29, 1.82) is 0 Å². The van der Waals surface area contributed by atoms with Gasteiger partial charge in [0.15, 0.2) is 5.11 Å². The number of hydrogen-bond acceptors (Lipinski definition) is 5. The molecular weight excluding hydrogens is 448 g/mol. The van der Waals surface area contributed by atoms with E-state index < -0.39 is 0 Å². The molecule has 0 atom stereocenters. The second-order valence-electron chi connectivity index (χ2n) is 9.09. The minimum atomic E-state index is -0.200. The van der Waals surface area contributed by atoms with Gasteiger partial charge in [0.1, 0.15) is 29.6 Å². The molecule has 0 unspecified atom stereocenters. The summed E-state index contributed by atoms with van der Waals surface area (Å²) in [5.41, 5.74) is 3.45. The highest BCUT2D eigenvalue weighted by Gasteiger charge is 2.31. The molecule has 34 heavy (non-hydrogen) atoms. The van der Waals surface area contributed by atoms with Crippen LogP contribution in [0.1, 0.15) is 43.2 Å². The van der Waals surface area contributed by atoms with Gasteiger partial charge >= 0.3 is 0 Å². The fourth-order valence-corrected chi connectivity index (χ4v) is 3.91. The number of benzene rings is 2. The van der Waals surface area contributed by atoms with Crippen molar-refractivity contribution >= 4 is 29.3 Å². The second-order valence-corrected chi connectivity index (χ2v) is 9.48. The number of nitrogens with zero attached hydrogens (tertiary/aromatic N) is 1. The molecule has 1 N–H and O–H groups in total.